The van der Waals surface area contributed by atoms with Crippen LogP contribution in [0, 0.1) is 5.41 Å². The van der Waals surface area contributed by atoms with Crippen molar-refractivity contribution in [3.63, 3.8) is 0 Å². The Bertz CT molecular complexity index is 604. The fraction of sp³-hybridized carbons (Fsp3) is 0.467. The van der Waals surface area contributed by atoms with Crippen LogP contribution in [0.3, 0.4) is 0 Å². The number of Topliss-reactive ketones (excluding diaryl/α,β-unsaturated/α-hetero) is 1. The number of ketones is 1. The van der Waals surface area contributed by atoms with Gasteiger partial charge in [-0.3, -0.25) is 9.59 Å². The molecular weight excluding hydrogens is 358 g/mol. The highest BCUT2D eigenvalue weighted by Gasteiger charge is 2.76. The molecule has 0 amide bonds. The van der Waals surface area contributed by atoms with Gasteiger partial charge in [0.1, 0.15) is 5.75 Å². The van der Waals surface area contributed by atoms with E-state index in [4.69, 9.17) is 4.74 Å². The van der Waals surface area contributed by atoms with E-state index in [1.54, 1.807) is 0 Å². The van der Waals surface area contributed by atoms with Gasteiger partial charge in [-0.05, 0) is 30.7 Å². The van der Waals surface area contributed by atoms with Gasteiger partial charge < -0.3 is 9.47 Å². The Kier molecular flexibility index (Phi) is 6.09. The first-order valence-corrected chi connectivity index (χ1v) is 6.80. The smallest absolute Gasteiger partial charge is 0.413 e. The Morgan fingerprint density at radius 2 is 1.40 bits per heavy atom. The van der Waals surface area contributed by atoms with Crippen molar-refractivity contribution < 1.29 is 45.4 Å². The molecule has 0 radical (unpaired) electrons. The van der Waals surface area contributed by atoms with Gasteiger partial charge in [0, 0.05) is 12.0 Å². The molecule has 0 aliphatic carbocycles. The lowest BCUT2D eigenvalue weighted by atomic mass is 9.80. The molecule has 1 rings (SSSR count). The third-order valence-electron chi connectivity index (χ3n) is 3.64. The maximum atomic E-state index is 13.1. The molecule has 0 saturated heterocycles. The standard InChI is InChI=1S/C15H14F6O4/c1-24-10-5-3-9(4-6-10)11(22)7-8-13(12(23)25-2,14(16,17)18)15(19,20)21/h3-6H,7-8H2,1-2H3. The van der Waals surface area contributed by atoms with Crippen LogP contribution in [0.4, 0.5) is 26.3 Å². The van der Waals surface area contributed by atoms with Crippen molar-refractivity contribution in [3.05, 3.63) is 29.8 Å². The molecule has 0 aromatic heterocycles. The molecule has 10 heteroatoms. The third kappa shape index (κ3) is 4.05. The molecule has 1 aromatic carbocycles. The molecule has 140 valence electrons. The lowest BCUT2D eigenvalue weighted by Crippen LogP contribution is -2.56. The monoisotopic (exact) mass is 372 g/mol. The summed E-state index contributed by atoms with van der Waals surface area (Å²) in [6.45, 7) is 0. The minimum absolute atomic E-state index is 0.107. The van der Waals surface area contributed by atoms with Gasteiger partial charge in [0.05, 0.1) is 14.2 Å². The molecule has 0 fully saturated rings. The number of carbonyl (C=O) groups excluding carboxylic acids is 2. The zero-order valence-electron chi connectivity index (χ0n) is 13.1. The van der Waals surface area contributed by atoms with Crippen molar-refractivity contribution in [3.8, 4) is 5.75 Å². The molecule has 4 nitrogen and oxygen atoms in total. The predicted molar refractivity (Wildman–Crippen MR) is 73.1 cm³/mol. The maximum Gasteiger partial charge on any atom is 0.413 e. The molecule has 0 heterocycles. The Labute approximate surface area is 138 Å². The summed E-state index contributed by atoms with van der Waals surface area (Å²) in [6.07, 6.45) is -14.9. The number of hydrogen-bond acceptors (Lipinski definition) is 4. The van der Waals surface area contributed by atoms with Gasteiger partial charge in [0.2, 0.25) is 0 Å². The molecule has 0 unspecified atom stereocenters. The summed E-state index contributed by atoms with van der Waals surface area (Å²) in [5, 5.41) is 0. The molecule has 0 saturated carbocycles. The highest BCUT2D eigenvalue weighted by atomic mass is 19.4. The Morgan fingerprint density at radius 3 is 1.76 bits per heavy atom. The fourth-order valence-corrected chi connectivity index (χ4v) is 2.17. The normalized spacial score (nSPS) is 12.6. The number of esters is 1. The second-order valence-electron chi connectivity index (χ2n) is 5.04. The predicted octanol–water partition coefficient (Wildman–Crippen LogP) is 3.94. The maximum absolute atomic E-state index is 13.1. The van der Waals surface area contributed by atoms with E-state index in [9.17, 15) is 35.9 Å². The number of ether oxygens (including phenoxy) is 2. The Morgan fingerprint density at radius 1 is 0.920 bits per heavy atom. The minimum atomic E-state index is -5.97. The van der Waals surface area contributed by atoms with E-state index >= 15 is 0 Å². The van der Waals surface area contributed by atoms with Gasteiger partial charge in [-0.1, -0.05) is 0 Å². The van der Waals surface area contributed by atoms with E-state index in [0.717, 1.165) is 0 Å². The average molecular weight is 372 g/mol. The van der Waals surface area contributed by atoms with E-state index in [0.29, 0.717) is 12.9 Å². The number of alkyl halides is 6. The second kappa shape index (κ2) is 7.32. The van der Waals surface area contributed by atoms with Crippen LogP contribution >= 0.6 is 0 Å². The molecule has 1 aromatic rings. The van der Waals surface area contributed by atoms with Crippen LogP contribution in [-0.2, 0) is 9.53 Å². The molecular formula is C15H14F6O4. The van der Waals surface area contributed by atoms with E-state index in [2.05, 4.69) is 4.74 Å². The number of hydrogen-bond donors (Lipinski definition) is 0. The minimum Gasteiger partial charge on any atom is -0.497 e. The van der Waals surface area contributed by atoms with Crippen molar-refractivity contribution in [2.45, 2.75) is 25.2 Å². The fourth-order valence-electron chi connectivity index (χ4n) is 2.17. The van der Waals surface area contributed by atoms with Gasteiger partial charge in [-0.2, -0.15) is 26.3 Å². The molecule has 0 bridgehead atoms. The quantitative estimate of drug-likeness (QED) is 0.431. The van der Waals surface area contributed by atoms with Crippen LogP contribution in [0.5, 0.6) is 5.75 Å². The van der Waals surface area contributed by atoms with Gasteiger partial charge >= 0.3 is 18.3 Å². The van der Waals surface area contributed by atoms with E-state index in [1.165, 1.54) is 31.4 Å². The van der Waals surface area contributed by atoms with Crippen LogP contribution < -0.4 is 4.74 Å². The lowest BCUT2D eigenvalue weighted by molar-refractivity contribution is -0.333. The van der Waals surface area contributed by atoms with Crippen molar-refractivity contribution in [2.24, 2.45) is 5.41 Å². The van der Waals surface area contributed by atoms with Crippen molar-refractivity contribution >= 4 is 11.8 Å². The zero-order chi connectivity index (χ0) is 19.5. The molecule has 25 heavy (non-hydrogen) atoms. The number of benzene rings is 1. The lowest BCUT2D eigenvalue weighted by Gasteiger charge is -2.34. The highest BCUT2D eigenvalue weighted by molar-refractivity contribution is 5.96. The van der Waals surface area contributed by atoms with Crippen LogP contribution in [0.2, 0.25) is 0 Å². The molecule has 0 aliphatic heterocycles. The van der Waals surface area contributed by atoms with Crippen molar-refractivity contribution in [2.75, 3.05) is 14.2 Å². The summed E-state index contributed by atoms with van der Waals surface area (Å²) in [5.41, 5.74) is -4.87. The van der Waals surface area contributed by atoms with E-state index in [-0.39, 0.29) is 5.56 Å². The van der Waals surface area contributed by atoms with Gasteiger partial charge in [0.25, 0.3) is 5.41 Å². The van der Waals surface area contributed by atoms with Crippen molar-refractivity contribution in [1.29, 1.82) is 0 Å². The molecule has 0 N–H and O–H groups in total. The summed E-state index contributed by atoms with van der Waals surface area (Å²) in [4.78, 5) is 23.3. The zero-order valence-corrected chi connectivity index (χ0v) is 13.1. The average Bonchev–Trinajstić information content (AvgIpc) is 2.52. The second-order valence-corrected chi connectivity index (χ2v) is 5.04. The Hall–Kier alpha value is -2.26. The van der Waals surface area contributed by atoms with E-state index < -0.39 is 42.4 Å². The number of halogens is 6. The molecule has 0 atom stereocenters. The van der Waals surface area contributed by atoms with Gasteiger partial charge in [-0.25, -0.2) is 0 Å². The highest BCUT2D eigenvalue weighted by Crippen LogP contribution is 2.54. The third-order valence-corrected chi connectivity index (χ3v) is 3.64. The summed E-state index contributed by atoms with van der Waals surface area (Å²) in [6, 6.07) is 5.05. The summed E-state index contributed by atoms with van der Waals surface area (Å²) >= 11 is 0. The topological polar surface area (TPSA) is 52.6 Å². The van der Waals surface area contributed by atoms with Crippen LogP contribution in [0.1, 0.15) is 23.2 Å². The molecule has 0 spiro atoms. The summed E-state index contributed by atoms with van der Waals surface area (Å²) < 4.78 is 87.2. The van der Waals surface area contributed by atoms with Crippen LogP contribution in [-0.4, -0.2) is 38.3 Å². The van der Waals surface area contributed by atoms with E-state index in [1.807, 2.05) is 0 Å². The first kappa shape index (κ1) is 20.8. The summed E-state index contributed by atoms with van der Waals surface area (Å²) in [5.74, 6) is -3.13. The van der Waals surface area contributed by atoms with Crippen LogP contribution in [0.15, 0.2) is 24.3 Å². The number of methoxy groups -OCH3 is 2. The largest absolute Gasteiger partial charge is 0.497 e. The van der Waals surface area contributed by atoms with Gasteiger partial charge in [0.15, 0.2) is 5.78 Å². The summed E-state index contributed by atoms with van der Waals surface area (Å²) in [7, 11) is 1.76. The Balaban J connectivity index is 3.13. The van der Waals surface area contributed by atoms with Crippen LogP contribution in [0.25, 0.3) is 0 Å². The number of rotatable bonds is 6. The number of carbonyl (C=O) groups is 2. The first-order chi connectivity index (χ1) is 11.4. The van der Waals surface area contributed by atoms with Crippen molar-refractivity contribution in [1.82, 2.24) is 0 Å². The SMILES string of the molecule is COC(=O)C(CCC(=O)c1ccc(OC)cc1)(C(F)(F)F)C(F)(F)F. The van der Waals surface area contributed by atoms with Gasteiger partial charge in [-0.15, -0.1) is 0 Å². The first-order valence-electron chi connectivity index (χ1n) is 6.80. The molecule has 0 aliphatic rings.